The van der Waals surface area contributed by atoms with E-state index in [1.807, 2.05) is 17.9 Å². The molecule has 0 spiro atoms. The third-order valence-corrected chi connectivity index (χ3v) is 2.38. The van der Waals surface area contributed by atoms with E-state index in [1.165, 1.54) is 5.56 Å². The highest BCUT2D eigenvalue weighted by molar-refractivity contribution is 5.15. The first-order chi connectivity index (χ1) is 6.42. The highest BCUT2D eigenvalue weighted by Crippen LogP contribution is 2.18. The molecule has 0 atom stereocenters. The molecule has 0 aliphatic heterocycles. The summed E-state index contributed by atoms with van der Waals surface area (Å²) in [7, 11) is 1.95. The number of rotatable bonds is 4. The average molecular weight is 195 g/mol. The predicted octanol–water partition coefficient (Wildman–Crippen LogP) is 1.90. The van der Waals surface area contributed by atoms with Crippen molar-refractivity contribution < 1.29 is 0 Å². The van der Waals surface area contributed by atoms with E-state index < -0.39 is 0 Å². The molecule has 3 heteroatoms. The van der Waals surface area contributed by atoms with Gasteiger partial charge in [-0.3, -0.25) is 4.68 Å². The molecule has 0 aliphatic carbocycles. The number of aryl methyl sites for hydroxylation is 1. The lowest BCUT2D eigenvalue weighted by Gasteiger charge is -2.26. The van der Waals surface area contributed by atoms with Gasteiger partial charge < -0.3 is 5.32 Å². The standard InChI is InChI=1S/C11H21N3/c1-9(2)6-12-11(3,4)10-7-13-14(5)8-10/h7-9,12H,6H2,1-5H3. The zero-order valence-electron chi connectivity index (χ0n) is 9.83. The summed E-state index contributed by atoms with van der Waals surface area (Å²) in [4.78, 5) is 0. The molecule has 0 bridgehead atoms. The second-order valence-corrected chi connectivity index (χ2v) is 4.80. The van der Waals surface area contributed by atoms with Crippen LogP contribution in [0.3, 0.4) is 0 Å². The zero-order valence-corrected chi connectivity index (χ0v) is 9.83. The summed E-state index contributed by atoms with van der Waals surface area (Å²) in [5.41, 5.74) is 1.25. The molecule has 0 aromatic carbocycles. The van der Waals surface area contributed by atoms with Crippen LogP contribution in [0.15, 0.2) is 12.4 Å². The van der Waals surface area contributed by atoms with Crippen LogP contribution in [0, 0.1) is 5.92 Å². The largest absolute Gasteiger partial charge is 0.307 e. The van der Waals surface area contributed by atoms with Crippen molar-refractivity contribution in [2.24, 2.45) is 13.0 Å². The van der Waals surface area contributed by atoms with E-state index in [0.29, 0.717) is 5.92 Å². The second-order valence-electron chi connectivity index (χ2n) is 4.80. The molecule has 1 rings (SSSR count). The SMILES string of the molecule is CC(C)CNC(C)(C)c1cnn(C)c1. The number of nitrogens with zero attached hydrogens (tertiary/aromatic N) is 2. The molecule has 0 saturated carbocycles. The minimum Gasteiger partial charge on any atom is -0.307 e. The van der Waals surface area contributed by atoms with Crippen molar-refractivity contribution in [2.45, 2.75) is 33.2 Å². The maximum Gasteiger partial charge on any atom is 0.0540 e. The Hall–Kier alpha value is -0.830. The Kier molecular flexibility index (Phi) is 3.32. The monoisotopic (exact) mass is 195 g/mol. The van der Waals surface area contributed by atoms with Crippen molar-refractivity contribution in [2.75, 3.05) is 6.54 Å². The summed E-state index contributed by atoms with van der Waals surface area (Å²) < 4.78 is 1.84. The summed E-state index contributed by atoms with van der Waals surface area (Å²) in [6, 6.07) is 0. The highest BCUT2D eigenvalue weighted by atomic mass is 15.2. The minimum absolute atomic E-state index is 0.0124. The van der Waals surface area contributed by atoms with Crippen molar-refractivity contribution in [1.82, 2.24) is 15.1 Å². The predicted molar refractivity (Wildman–Crippen MR) is 59.1 cm³/mol. The molecule has 0 amide bonds. The fourth-order valence-corrected chi connectivity index (χ4v) is 1.31. The van der Waals surface area contributed by atoms with Crippen LogP contribution >= 0.6 is 0 Å². The van der Waals surface area contributed by atoms with Crippen molar-refractivity contribution in [3.05, 3.63) is 18.0 Å². The van der Waals surface area contributed by atoms with E-state index in [1.54, 1.807) is 0 Å². The van der Waals surface area contributed by atoms with Crippen LogP contribution in [0.4, 0.5) is 0 Å². The Morgan fingerprint density at radius 2 is 2.14 bits per heavy atom. The second kappa shape index (κ2) is 4.13. The summed E-state index contributed by atoms with van der Waals surface area (Å²) in [6.45, 7) is 9.83. The van der Waals surface area contributed by atoms with Crippen molar-refractivity contribution in [1.29, 1.82) is 0 Å². The fraction of sp³-hybridized carbons (Fsp3) is 0.727. The lowest BCUT2D eigenvalue weighted by molar-refractivity contribution is 0.374. The molecule has 0 saturated heterocycles. The normalized spacial score (nSPS) is 12.4. The lowest BCUT2D eigenvalue weighted by Crippen LogP contribution is -2.38. The van der Waals surface area contributed by atoms with Crippen LogP contribution in [-0.4, -0.2) is 16.3 Å². The van der Waals surface area contributed by atoms with Gasteiger partial charge in [0.1, 0.15) is 0 Å². The molecule has 14 heavy (non-hydrogen) atoms. The van der Waals surface area contributed by atoms with Gasteiger partial charge in [-0.1, -0.05) is 13.8 Å². The molecule has 1 N–H and O–H groups in total. The summed E-state index contributed by atoms with van der Waals surface area (Å²) in [6.07, 6.45) is 3.99. The average Bonchev–Trinajstić information content (AvgIpc) is 2.49. The third-order valence-electron chi connectivity index (χ3n) is 2.38. The molecule has 1 heterocycles. The van der Waals surface area contributed by atoms with Gasteiger partial charge in [0.15, 0.2) is 0 Å². The van der Waals surface area contributed by atoms with E-state index >= 15 is 0 Å². The molecule has 1 aromatic heterocycles. The molecule has 0 fully saturated rings. The van der Waals surface area contributed by atoms with Gasteiger partial charge in [0.05, 0.1) is 6.20 Å². The number of nitrogens with one attached hydrogen (secondary N) is 1. The Balaban J connectivity index is 2.65. The van der Waals surface area contributed by atoms with Gasteiger partial charge >= 0.3 is 0 Å². The van der Waals surface area contributed by atoms with E-state index in [4.69, 9.17) is 0 Å². The van der Waals surface area contributed by atoms with E-state index in [9.17, 15) is 0 Å². The van der Waals surface area contributed by atoms with E-state index in [0.717, 1.165) is 6.54 Å². The van der Waals surface area contributed by atoms with Crippen LogP contribution in [0.1, 0.15) is 33.3 Å². The van der Waals surface area contributed by atoms with Crippen molar-refractivity contribution >= 4 is 0 Å². The smallest absolute Gasteiger partial charge is 0.0540 e. The topological polar surface area (TPSA) is 29.9 Å². The third kappa shape index (κ3) is 2.84. The Morgan fingerprint density at radius 1 is 1.50 bits per heavy atom. The Morgan fingerprint density at radius 3 is 2.57 bits per heavy atom. The number of aromatic nitrogens is 2. The fourth-order valence-electron chi connectivity index (χ4n) is 1.31. The Labute approximate surface area is 86.5 Å². The number of hydrogen-bond donors (Lipinski definition) is 1. The summed E-state index contributed by atoms with van der Waals surface area (Å²) >= 11 is 0. The minimum atomic E-state index is 0.0124. The molecule has 0 unspecified atom stereocenters. The van der Waals surface area contributed by atoms with Crippen LogP contribution in [0.25, 0.3) is 0 Å². The molecule has 3 nitrogen and oxygen atoms in total. The van der Waals surface area contributed by atoms with Gasteiger partial charge in [0.2, 0.25) is 0 Å². The first-order valence-electron chi connectivity index (χ1n) is 5.16. The molecule has 0 aliphatic rings. The van der Waals surface area contributed by atoms with Crippen LogP contribution < -0.4 is 5.32 Å². The van der Waals surface area contributed by atoms with Crippen molar-refractivity contribution in [3.63, 3.8) is 0 Å². The molecular weight excluding hydrogens is 174 g/mol. The first kappa shape index (κ1) is 11.2. The Bertz CT molecular complexity index is 286. The summed E-state index contributed by atoms with van der Waals surface area (Å²) in [5.74, 6) is 0.672. The van der Waals surface area contributed by atoms with Gasteiger partial charge in [-0.2, -0.15) is 5.10 Å². The maximum atomic E-state index is 4.19. The van der Waals surface area contributed by atoms with Gasteiger partial charge in [0, 0.05) is 24.3 Å². The van der Waals surface area contributed by atoms with E-state index in [-0.39, 0.29) is 5.54 Å². The van der Waals surface area contributed by atoms with Gasteiger partial charge in [0.25, 0.3) is 0 Å². The molecule has 0 radical (unpaired) electrons. The maximum absolute atomic E-state index is 4.19. The highest BCUT2D eigenvalue weighted by Gasteiger charge is 2.21. The lowest BCUT2D eigenvalue weighted by atomic mass is 9.97. The van der Waals surface area contributed by atoms with Crippen LogP contribution in [0.5, 0.6) is 0 Å². The van der Waals surface area contributed by atoms with Crippen LogP contribution in [-0.2, 0) is 12.6 Å². The summed E-state index contributed by atoms with van der Waals surface area (Å²) in [5, 5.41) is 7.72. The quantitative estimate of drug-likeness (QED) is 0.795. The van der Waals surface area contributed by atoms with Gasteiger partial charge in [-0.25, -0.2) is 0 Å². The van der Waals surface area contributed by atoms with E-state index in [2.05, 4.69) is 44.3 Å². The van der Waals surface area contributed by atoms with Gasteiger partial charge in [-0.05, 0) is 26.3 Å². The van der Waals surface area contributed by atoms with Gasteiger partial charge in [-0.15, -0.1) is 0 Å². The molecule has 1 aromatic rings. The van der Waals surface area contributed by atoms with Crippen LogP contribution in [0.2, 0.25) is 0 Å². The molecule has 80 valence electrons. The first-order valence-corrected chi connectivity index (χ1v) is 5.16. The molecular formula is C11H21N3. The zero-order chi connectivity index (χ0) is 10.8. The number of hydrogen-bond acceptors (Lipinski definition) is 2. The van der Waals surface area contributed by atoms with Crippen molar-refractivity contribution in [3.8, 4) is 0 Å².